The average Bonchev–Trinajstić information content (AvgIpc) is 2.37. The zero-order chi connectivity index (χ0) is 14.1. The lowest BCUT2D eigenvalue weighted by Crippen LogP contribution is -2.44. The number of morpholine rings is 1. The number of rotatable bonds is 2. The van der Waals surface area contributed by atoms with Crippen molar-refractivity contribution in [2.75, 3.05) is 26.3 Å². The molecule has 2 heterocycles. The van der Waals surface area contributed by atoms with Crippen LogP contribution in [0.1, 0.15) is 19.4 Å². The standard InChI is InChI=1S/C15H20ClNO3/c1-10-7-17(8-11(2)20-10)9-12-5-13(16)15-14(6-12)18-3-4-19-15/h5-6,10-11H,3-4,7-9H2,1-2H3. The van der Waals surface area contributed by atoms with Crippen LogP contribution in [-0.2, 0) is 11.3 Å². The lowest BCUT2D eigenvalue weighted by Gasteiger charge is -2.35. The van der Waals surface area contributed by atoms with Gasteiger partial charge >= 0.3 is 0 Å². The fraction of sp³-hybridized carbons (Fsp3) is 0.600. The van der Waals surface area contributed by atoms with Crippen LogP contribution in [0.3, 0.4) is 0 Å². The molecule has 0 saturated carbocycles. The summed E-state index contributed by atoms with van der Waals surface area (Å²) in [6, 6.07) is 4.00. The topological polar surface area (TPSA) is 30.9 Å². The minimum atomic E-state index is 0.270. The molecule has 20 heavy (non-hydrogen) atoms. The van der Waals surface area contributed by atoms with Gasteiger partial charge in [0.2, 0.25) is 0 Å². The molecule has 0 amide bonds. The zero-order valence-electron chi connectivity index (χ0n) is 11.9. The second kappa shape index (κ2) is 5.80. The molecule has 0 bridgehead atoms. The van der Waals surface area contributed by atoms with Gasteiger partial charge in [-0.15, -0.1) is 0 Å². The van der Waals surface area contributed by atoms with E-state index in [0.717, 1.165) is 30.9 Å². The first-order valence-corrected chi connectivity index (χ1v) is 7.45. The molecule has 4 nitrogen and oxygen atoms in total. The normalized spacial score (nSPS) is 26.6. The Hall–Kier alpha value is -0.970. The summed E-state index contributed by atoms with van der Waals surface area (Å²) in [6.07, 6.45) is 0.540. The molecule has 3 rings (SSSR count). The molecule has 1 aromatic carbocycles. The maximum atomic E-state index is 6.27. The van der Waals surface area contributed by atoms with Gasteiger partial charge in [-0.2, -0.15) is 0 Å². The number of halogens is 1. The average molecular weight is 298 g/mol. The fourth-order valence-electron chi connectivity index (χ4n) is 2.93. The Morgan fingerprint density at radius 3 is 2.60 bits per heavy atom. The Morgan fingerprint density at radius 2 is 1.85 bits per heavy atom. The predicted octanol–water partition coefficient (Wildman–Crippen LogP) is 2.72. The number of ether oxygens (including phenoxy) is 3. The summed E-state index contributed by atoms with van der Waals surface area (Å²) in [5, 5.41) is 0.631. The van der Waals surface area contributed by atoms with E-state index in [0.29, 0.717) is 24.0 Å². The molecule has 0 aliphatic carbocycles. The summed E-state index contributed by atoms with van der Waals surface area (Å²) in [5.41, 5.74) is 1.15. The number of fused-ring (bicyclic) bond motifs is 1. The largest absolute Gasteiger partial charge is 0.486 e. The molecule has 110 valence electrons. The van der Waals surface area contributed by atoms with Crippen LogP contribution in [0.15, 0.2) is 12.1 Å². The predicted molar refractivity (Wildman–Crippen MR) is 77.7 cm³/mol. The van der Waals surface area contributed by atoms with Crippen LogP contribution in [0.2, 0.25) is 5.02 Å². The van der Waals surface area contributed by atoms with Gasteiger partial charge in [0, 0.05) is 19.6 Å². The molecule has 2 atom stereocenters. The lowest BCUT2D eigenvalue weighted by molar-refractivity contribution is -0.0705. The summed E-state index contributed by atoms with van der Waals surface area (Å²) >= 11 is 6.27. The van der Waals surface area contributed by atoms with Gasteiger partial charge in [-0.25, -0.2) is 0 Å². The minimum absolute atomic E-state index is 0.270. The lowest BCUT2D eigenvalue weighted by atomic mass is 10.1. The van der Waals surface area contributed by atoms with E-state index in [9.17, 15) is 0 Å². The highest BCUT2D eigenvalue weighted by atomic mass is 35.5. The Morgan fingerprint density at radius 1 is 1.15 bits per heavy atom. The monoisotopic (exact) mass is 297 g/mol. The van der Waals surface area contributed by atoms with Gasteiger partial charge in [-0.05, 0) is 31.5 Å². The molecule has 2 aliphatic rings. The van der Waals surface area contributed by atoms with E-state index in [1.54, 1.807) is 0 Å². The SMILES string of the molecule is CC1CN(Cc2cc(Cl)c3c(c2)OCCO3)CC(C)O1. The summed E-state index contributed by atoms with van der Waals surface area (Å²) in [4.78, 5) is 2.39. The van der Waals surface area contributed by atoms with Crippen LogP contribution in [-0.4, -0.2) is 43.4 Å². The first-order valence-electron chi connectivity index (χ1n) is 7.07. The van der Waals surface area contributed by atoms with Crippen LogP contribution in [0.4, 0.5) is 0 Å². The minimum Gasteiger partial charge on any atom is -0.486 e. The number of hydrogen-bond acceptors (Lipinski definition) is 4. The van der Waals surface area contributed by atoms with E-state index in [1.165, 1.54) is 0 Å². The third-order valence-electron chi connectivity index (χ3n) is 3.56. The van der Waals surface area contributed by atoms with Crippen LogP contribution in [0, 0.1) is 0 Å². The highest BCUT2D eigenvalue weighted by molar-refractivity contribution is 6.32. The van der Waals surface area contributed by atoms with Crippen molar-refractivity contribution in [2.24, 2.45) is 0 Å². The first-order chi connectivity index (χ1) is 9.61. The molecule has 2 aliphatic heterocycles. The molecule has 1 aromatic rings. The summed E-state index contributed by atoms with van der Waals surface area (Å²) in [7, 11) is 0. The molecule has 0 aromatic heterocycles. The maximum Gasteiger partial charge on any atom is 0.179 e. The van der Waals surface area contributed by atoms with Gasteiger partial charge in [0.25, 0.3) is 0 Å². The van der Waals surface area contributed by atoms with E-state index in [-0.39, 0.29) is 12.2 Å². The zero-order valence-corrected chi connectivity index (χ0v) is 12.7. The smallest absolute Gasteiger partial charge is 0.179 e. The Bertz CT molecular complexity index is 484. The van der Waals surface area contributed by atoms with Crippen molar-refractivity contribution in [3.63, 3.8) is 0 Å². The van der Waals surface area contributed by atoms with E-state index in [2.05, 4.69) is 18.7 Å². The van der Waals surface area contributed by atoms with Crippen molar-refractivity contribution in [3.05, 3.63) is 22.7 Å². The van der Waals surface area contributed by atoms with E-state index >= 15 is 0 Å². The van der Waals surface area contributed by atoms with Crippen molar-refractivity contribution in [1.82, 2.24) is 4.90 Å². The highest BCUT2D eigenvalue weighted by Gasteiger charge is 2.23. The highest BCUT2D eigenvalue weighted by Crippen LogP contribution is 2.38. The summed E-state index contributed by atoms with van der Waals surface area (Å²) < 4.78 is 16.9. The molecule has 0 spiro atoms. The molecular weight excluding hydrogens is 278 g/mol. The van der Waals surface area contributed by atoms with E-state index < -0.39 is 0 Å². The van der Waals surface area contributed by atoms with Crippen molar-refractivity contribution >= 4 is 11.6 Å². The van der Waals surface area contributed by atoms with Crippen molar-refractivity contribution < 1.29 is 14.2 Å². The Labute approximate surface area is 124 Å². The van der Waals surface area contributed by atoms with Crippen molar-refractivity contribution in [1.29, 1.82) is 0 Å². The van der Waals surface area contributed by atoms with Gasteiger partial charge in [0.05, 0.1) is 17.2 Å². The van der Waals surface area contributed by atoms with Crippen LogP contribution >= 0.6 is 11.6 Å². The molecule has 1 fully saturated rings. The Balaban J connectivity index is 1.76. The van der Waals surface area contributed by atoms with Gasteiger partial charge in [-0.1, -0.05) is 11.6 Å². The third kappa shape index (κ3) is 3.03. The third-order valence-corrected chi connectivity index (χ3v) is 3.84. The van der Waals surface area contributed by atoms with E-state index in [1.807, 2.05) is 12.1 Å². The van der Waals surface area contributed by atoms with E-state index in [4.69, 9.17) is 25.8 Å². The number of benzene rings is 1. The number of nitrogens with zero attached hydrogens (tertiary/aromatic N) is 1. The second-order valence-electron chi connectivity index (χ2n) is 5.55. The maximum absolute atomic E-state index is 6.27. The first kappa shape index (κ1) is 14.0. The second-order valence-corrected chi connectivity index (χ2v) is 5.96. The summed E-state index contributed by atoms with van der Waals surface area (Å²) in [5.74, 6) is 1.43. The van der Waals surface area contributed by atoms with Crippen LogP contribution < -0.4 is 9.47 Å². The Kier molecular flexibility index (Phi) is 4.06. The molecule has 0 radical (unpaired) electrons. The molecule has 5 heteroatoms. The molecule has 2 unspecified atom stereocenters. The molecular formula is C15H20ClNO3. The van der Waals surface area contributed by atoms with Crippen molar-refractivity contribution in [3.8, 4) is 11.5 Å². The quantitative estimate of drug-likeness (QED) is 0.840. The van der Waals surface area contributed by atoms with Crippen LogP contribution in [0.25, 0.3) is 0 Å². The number of hydrogen-bond donors (Lipinski definition) is 0. The van der Waals surface area contributed by atoms with Gasteiger partial charge in [0.1, 0.15) is 13.2 Å². The van der Waals surface area contributed by atoms with Gasteiger partial charge < -0.3 is 14.2 Å². The van der Waals surface area contributed by atoms with Gasteiger partial charge in [0.15, 0.2) is 11.5 Å². The van der Waals surface area contributed by atoms with Gasteiger partial charge in [-0.3, -0.25) is 4.90 Å². The molecule has 1 saturated heterocycles. The fourth-order valence-corrected chi connectivity index (χ4v) is 3.22. The summed E-state index contributed by atoms with van der Waals surface area (Å²) in [6.45, 7) is 8.10. The van der Waals surface area contributed by atoms with Crippen molar-refractivity contribution in [2.45, 2.75) is 32.6 Å². The van der Waals surface area contributed by atoms with Crippen LogP contribution in [0.5, 0.6) is 11.5 Å². The molecule has 0 N–H and O–H groups in total.